The lowest BCUT2D eigenvalue weighted by Crippen LogP contribution is -2.74. The van der Waals surface area contributed by atoms with Gasteiger partial charge in [-0.05, 0) is 69.5 Å². The fraction of sp³-hybridized carbons (Fsp3) is 0.483. The zero-order valence-corrected chi connectivity index (χ0v) is 21.7. The summed E-state index contributed by atoms with van der Waals surface area (Å²) >= 11 is 0. The lowest BCUT2D eigenvalue weighted by molar-refractivity contribution is -0.139. The molecule has 194 valence electrons. The summed E-state index contributed by atoms with van der Waals surface area (Å²) in [7, 11) is 0. The maximum absolute atomic E-state index is 14.7. The third-order valence-corrected chi connectivity index (χ3v) is 8.34. The van der Waals surface area contributed by atoms with E-state index in [1.165, 1.54) is 5.56 Å². The number of piperidine rings is 2. The Morgan fingerprint density at radius 3 is 2.14 bits per heavy atom. The average Bonchev–Trinajstić information content (AvgIpc) is 3.24. The van der Waals surface area contributed by atoms with E-state index in [1.807, 2.05) is 39.1 Å². The maximum atomic E-state index is 14.7. The van der Waals surface area contributed by atoms with Crippen LogP contribution in [0.25, 0.3) is 0 Å². The minimum absolute atomic E-state index is 0.000831. The van der Waals surface area contributed by atoms with Gasteiger partial charge in [0.2, 0.25) is 11.6 Å². The number of carbonyl (C=O) groups is 2. The van der Waals surface area contributed by atoms with Crippen LogP contribution in [-0.4, -0.2) is 67.5 Å². The molecule has 0 N–H and O–H groups in total. The molecule has 0 bridgehead atoms. The van der Waals surface area contributed by atoms with E-state index < -0.39 is 5.66 Å². The van der Waals surface area contributed by atoms with Crippen molar-refractivity contribution in [3.63, 3.8) is 0 Å². The van der Waals surface area contributed by atoms with E-state index >= 15 is 0 Å². The molecular formula is C29H35N5O3. The molecule has 0 unspecified atom stereocenters. The zero-order valence-electron chi connectivity index (χ0n) is 21.7. The largest absolute Gasteiger partial charge is 0.379 e. The number of fused-ring (bicyclic) bond motifs is 1. The van der Waals surface area contributed by atoms with Gasteiger partial charge in [0.25, 0.3) is 5.91 Å². The van der Waals surface area contributed by atoms with Crippen molar-refractivity contribution < 1.29 is 14.3 Å². The number of nitrogens with zero attached hydrogens (tertiary/aromatic N) is 5. The van der Waals surface area contributed by atoms with Gasteiger partial charge < -0.3 is 14.5 Å². The van der Waals surface area contributed by atoms with Crippen molar-refractivity contribution in [2.75, 3.05) is 54.2 Å². The fourth-order valence-electron chi connectivity index (χ4n) is 6.42. The Balaban J connectivity index is 1.38. The molecule has 0 aliphatic carbocycles. The highest BCUT2D eigenvalue weighted by Crippen LogP contribution is 2.46. The lowest BCUT2D eigenvalue weighted by Gasteiger charge is -2.53. The number of carbonyl (C=O) groups excluding carboxylic acids is 2. The van der Waals surface area contributed by atoms with E-state index in [0.29, 0.717) is 39.3 Å². The first-order valence-corrected chi connectivity index (χ1v) is 13.5. The molecule has 8 heteroatoms. The highest BCUT2D eigenvalue weighted by Gasteiger charge is 2.63. The molecule has 2 aromatic carbocycles. The third kappa shape index (κ3) is 3.94. The third-order valence-electron chi connectivity index (χ3n) is 8.34. The summed E-state index contributed by atoms with van der Waals surface area (Å²) in [6, 6.07) is 16.2. The van der Waals surface area contributed by atoms with Crippen molar-refractivity contribution in [3.8, 4) is 0 Å². The first-order chi connectivity index (χ1) is 18.0. The number of aryl methyl sites for hydroxylation is 1. The molecule has 2 atom stereocenters. The van der Waals surface area contributed by atoms with Crippen molar-refractivity contribution in [3.05, 3.63) is 54.1 Å². The number of hydrogen-bond acceptors (Lipinski definition) is 6. The first-order valence-electron chi connectivity index (χ1n) is 13.5. The van der Waals surface area contributed by atoms with E-state index in [9.17, 15) is 9.59 Å². The second kappa shape index (κ2) is 9.58. The molecule has 4 aliphatic rings. The quantitative estimate of drug-likeness (QED) is 0.638. The summed E-state index contributed by atoms with van der Waals surface area (Å²) < 4.78 is 5.69. The first kappa shape index (κ1) is 24.1. The van der Waals surface area contributed by atoms with Crippen molar-refractivity contribution in [2.45, 2.75) is 45.2 Å². The second-order valence-corrected chi connectivity index (χ2v) is 10.5. The topological polar surface area (TPSA) is 68.7 Å². The Morgan fingerprint density at radius 2 is 1.46 bits per heavy atom. The van der Waals surface area contributed by atoms with E-state index in [4.69, 9.17) is 9.84 Å². The van der Waals surface area contributed by atoms with Crippen LogP contribution in [0.5, 0.6) is 0 Å². The van der Waals surface area contributed by atoms with Crippen molar-refractivity contribution >= 4 is 34.6 Å². The van der Waals surface area contributed by atoms with Crippen LogP contribution in [0.4, 0.5) is 17.1 Å². The standard InChI is InChI=1S/C29H35N5O3/c1-21-6-8-25(9-7-21)34-29(31-17-19-37-20-18-31)26(22(2)30-34)14-16-33(28(29)36)24-12-10-23(11-13-24)32-15-4-3-5-27(32)35/h6-13,26H,3-5,14-20H2,1-2H3/t26-,29+/m0/s1. The predicted molar refractivity (Wildman–Crippen MR) is 145 cm³/mol. The van der Waals surface area contributed by atoms with Crippen LogP contribution >= 0.6 is 0 Å². The van der Waals surface area contributed by atoms with Crippen LogP contribution in [0.15, 0.2) is 53.6 Å². The van der Waals surface area contributed by atoms with Gasteiger partial charge in [0.15, 0.2) is 0 Å². The molecule has 0 saturated carbocycles. The van der Waals surface area contributed by atoms with Crippen molar-refractivity contribution in [2.24, 2.45) is 11.0 Å². The number of hydrazone groups is 1. The average molecular weight is 502 g/mol. The monoisotopic (exact) mass is 501 g/mol. The molecule has 6 rings (SSSR count). The van der Waals surface area contributed by atoms with Crippen LogP contribution in [0.3, 0.4) is 0 Å². The van der Waals surface area contributed by atoms with Crippen molar-refractivity contribution in [1.29, 1.82) is 0 Å². The van der Waals surface area contributed by atoms with E-state index in [2.05, 4.69) is 43.0 Å². The Morgan fingerprint density at radius 1 is 0.811 bits per heavy atom. The molecule has 3 saturated heterocycles. The molecule has 0 radical (unpaired) electrons. The van der Waals surface area contributed by atoms with Gasteiger partial charge in [0, 0.05) is 55.6 Å². The number of anilines is 3. The summed E-state index contributed by atoms with van der Waals surface area (Å²) in [6.07, 6.45) is 3.41. The summed E-state index contributed by atoms with van der Waals surface area (Å²) in [5.74, 6) is 0.226. The Bertz CT molecular complexity index is 1210. The smallest absolute Gasteiger partial charge is 0.270 e. The summed E-state index contributed by atoms with van der Waals surface area (Å²) in [5, 5.41) is 7.00. The zero-order chi connectivity index (χ0) is 25.6. The SMILES string of the molecule is CC1=NN(c2ccc(C)cc2)[C@@]2(N3CCOCC3)C(=O)N(c3ccc(N4CCCCC4=O)cc3)CC[C@@H]12. The molecule has 0 spiro atoms. The lowest BCUT2D eigenvalue weighted by atomic mass is 9.80. The Hall–Kier alpha value is -3.23. The Kier molecular flexibility index (Phi) is 6.24. The van der Waals surface area contributed by atoms with Crippen LogP contribution in [0.2, 0.25) is 0 Å². The minimum atomic E-state index is -0.928. The molecule has 4 aliphatic heterocycles. The van der Waals surface area contributed by atoms with Gasteiger partial charge in [-0.2, -0.15) is 5.10 Å². The molecule has 4 heterocycles. The van der Waals surface area contributed by atoms with Gasteiger partial charge >= 0.3 is 0 Å². The van der Waals surface area contributed by atoms with Crippen LogP contribution in [0.1, 0.15) is 38.2 Å². The number of ether oxygens (including phenoxy) is 1. The highest BCUT2D eigenvalue weighted by atomic mass is 16.5. The number of amides is 2. The van der Waals surface area contributed by atoms with Crippen molar-refractivity contribution in [1.82, 2.24) is 4.90 Å². The number of morpholine rings is 1. The van der Waals surface area contributed by atoms with Gasteiger partial charge in [-0.25, -0.2) is 5.01 Å². The molecule has 2 aromatic rings. The molecule has 0 aromatic heterocycles. The Labute approximate surface area is 218 Å². The fourth-order valence-corrected chi connectivity index (χ4v) is 6.42. The van der Waals surface area contributed by atoms with E-state index in [1.54, 1.807) is 0 Å². The van der Waals surface area contributed by atoms with E-state index in [0.717, 1.165) is 48.6 Å². The van der Waals surface area contributed by atoms with Crippen LogP contribution < -0.4 is 14.8 Å². The normalized spacial score (nSPS) is 26.9. The van der Waals surface area contributed by atoms with Gasteiger partial charge in [0.05, 0.1) is 18.9 Å². The molecule has 37 heavy (non-hydrogen) atoms. The molecule has 8 nitrogen and oxygen atoms in total. The number of benzene rings is 2. The predicted octanol–water partition coefficient (Wildman–Crippen LogP) is 3.79. The van der Waals surface area contributed by atoms with Gasteiger partial charge in [-0.15, -0.1) is 0 Å². The molecule has 3 fully saturated rings. The molecule has 2 amide bonds. The highest BCUT2D eigenvalue weighted by molar-refractivity contribution is 6.09. The number of hydrogen-bond donors (Lipinski definition) is 0. The minimum Gasteiger partial charge on any atom is -0.379 e. The van der Waals surface area contributed by atoms with Crippen LogP contribution in [-0.2, 0) is 14.3 Å². The van der Waals surface area contributed by atoms with Crippen LogP contribution in [0, 0.1) is 12.8 Å². The van der Waals surface area contributed by atoms with Gasteiger partial charge in [-0.3, -0.25) is 14.5 Å². The molecular weight excluding hydrogens is 466 g/mol. The summed E-state index contributed by atoms with van der Waals surface area (Å²) in [6.45, 7) is 8.06. The second-order valence-electron chi connectivity index (χ2n) is 10.5. The summed E-state index contributed by atoms with van der Waals surface area (Å²) in [4.78, 5) is 33.2. The summed E-state index contributed by atoms with van der Waals surface area (Å²) in [5.41, 5.74) is 3.93. The maximum Gasteiger partial charge on any atom is 0.270 e. The van der Waals surface area contributed by atoms with Gasteiger partial charge in [-0.1, -0.05) is 17.7 Å². The number of rotatable bonds is 4. The van der Waals surface area contributed by atoms with Gasteiger partial charge in [0.1, 0.15) is 0 Å². The van der Waals surface area contributed by atoms with E-state index in [-0.39, 0.29) is 17.7 Å².